The topological polar surface area (TPSA) is 12.0 Å². The van der Waals surface area contributed by atoms with Gasteiger partial charge in [0.15, 0.2) is 0 Å². The molecule has 0 amide bonds. The maximum atomic E-state index is 3.59. The second-order valence-electron chi connectivity index (χ2n) is 4.43. The van der Waals surface area contributed by atoms with Gasteiger partial charge in [-0.2, -0.15) is 0 Å². The molecule has 1 nitrogen and oxygen atoms in total. The first-order chi connectivity index (χ1) is 7.25. The van der Waals surface area contributed by atoms with E-state index in [1.165, 1.54) is 47.8 Å². The molecule has 1 saturated heterocycles. The van der Waals surface area contributed by atoms with Gasteiger partial charge in [0, 0.05) is 10.5 Å². The largest absolute Gasteiger partial charge is 0.314 e. The van der Waals surface area contributed by atoms with E-state index < -0.39 is 0 Å². The predicted molar refractivity (Wildman–Crippen MR) is 68.2 cm³/mol. The van der Waals surface area contributed by atoms with Crippen LogP contribution in [-0.2, 0) is 6.42 Å². The van der Waals surface area contributed by atoms with Crippen molar-refractivity contribution in [2.24, 2.45) is 0 Å². The fourth-order valence-electron chi connectivity index (χ4n) is 2.15. The zero-order chi connectivity index (χ0) is 10.7. The molecule has 0 radical (unpaired) electrons. The van der Waals surface area contributed by atoms with Gasteiger partial charge < -0.3 is 5.32 Å². The maximum Gasteiger partial charge on any atom is 0.0207 e. The van der Waals surface area contributed by atoms with Crippen molar-refractivity contribution in [3.63, 3.8) is 0 Å². The van der Waals surface area contributed by atoms with Crippen LogP contribution in [0.15, 0.2) is 22.7 Å². The molecule has 0 aliphatic carbocycles. The molecule has 2 heteroatoms. The smallest absolute Gasteiger partial charge is 0.0207 e. The molecule has 1 fully saturated rings. The summed E-state index contributed by atoms with van der Waals surface area (Å²) >= 11 is 3.59. The molecule has 82 valence electrons. The third-order valence-electron chi connectivity index (χ3n) is 3.13. The Morgan fingerprint density at radius 3 is 2.93 bits per heavy atom. The summed E-state index contributed by atoms with van der Waals surface area (Å²) in [5.41, 5.74) is 2.75. The molecule has 1 aromatic rings. The van der Waals surface area contributed by atoms with Gasteiger partial charge in [0.25, 0.3) is 0 Å². The number of halogens is 1. The van der Waals surface area contributed by atoms with E-state index in [2.05, 4.69) is 46.4 Å². The normalized spacial score (nSPS) is 21.6. The summed E-state index contributed by atoms with van der Waals surface area (Å²) in [6, 6.07) is 7.39. The van der Waals surface area contributed by atoms with Crippen LogP contribution in [0.4, 0.5) is 0 Å². The molecule has 0 saturated carbocycles. The van der Waals surface area contributed by atoms with Crippen molar-refractivity contribution in [1.29, 1.82) is 0 Å². The number of benzene rings is 1. The second-order valence-corrected chi connectivity index (χ2v) is 5.29. The standard InChI is InChI=1S/C13H18BrN/c1-10-5-6-11(9-13(10)14)8-12-4-2-3-7-15-12/h5-6,9,12,15H,2-4,7-8H2,1H3. The molecule has 2 rings (SSSR count). The average Bonchev–Trinajstić information content (AvgIpc) is 2.25. The lowest BCUT2D eigenvalue weighted by molar-refractivity contribution is 0.399. The van der Waals surface area contributed by atoms with E-state index >= 15 is 0 Å². The van der Waals surface area contributed by atoms with Gasteiger partial charge >= 0.3 is 0 Å². The fourth-order valence-corrected chi connectivity index (χ4v) is 2.57. The molecule has 15 heavy (non-hydrogen) atoms. The van der Waals surface area contributed by atoms with E-state index in [0.29, 0.717) is 6.04 Å². The minimum Gasteiger partial charge on any atom is -0.314 e. The third-order valence-corrected chi connectivity index (χ3v) is 3.99. The van der Waals surface area contributed by atoms with Crippen LogP contribution in [0.25, 0.3) is 0 Å². The Morgan fingerprint density at radius 2 is 2.27 bits per heavy atom. The number of piperidine rings is 1. The molecule has 0 spiro atoms. The van der Waals surface area contributed by atoms with E-state index in [9.17, 15) is 0 Å². The lowest BCUT2D eigenvalue weighted by atomic mass is 9.97. The zero-order valence-electron chi connectivity index (χ0n) is 9.22. The van der Waals surface area contributed by atoms with Gasteiger partial charge in [-0.05, 0) is 49.9 Å². The van der Waals surface area contributed by atoms with Crippen molar-refractivity contribution in [3.05, 3.63) is 33.8 Å². The highest BCUT2D eigenvalue weighted by atomic mass is 79.9. The number of hydrogen-bond donors (Lipinski definition) is 1. The van der Waals surface area contributed by atoms with Gasteiger partial charge in [0.05, 0.1) is 0 Å². The van der Waals surface area contributed by atoms with Crippen molar-refractivity contribution in [1.82, 2.24) is 5.32 Å². The second kappa shape index (κ2) is 5.13. The van der Waals surface area contributed by atoms with Crippen LogP contribution in [0.3, 0.4) is 0 Å². The Labute approximate surface area is 100 Å². The molecule has 1 aliphatic rings. The summed E-state index contributed by atoms with van der Waals surface area (Å²) in [5, 5.41) is 3.59. The minimum atomic E-state index is 0.688. The van der Waals surface area contributed by atoms with Gasteiger partial charge in [-0.3, -0.25) is 0 Å². The van der Waals surface area contributed by atoms with Crippen molar-refractivity contribution in [2.45, 2.75) is 38.6 Å². The quantitative estimate of drug-likeness (QED) is 0.866. The Kier molecular flexibility index (Phi) is 3.81. The summed E-state index contributed by atoms with van der Waals surface area (Å²) < 4.78 is 1.23. The molecule has 0 aromatic heterocycles. The van der Waals surface area contributed by atoms with Gasteiger partial charge in [-0.15, -0.1) is 0 Å². The maximum absolute atomic E-state index is 3.59. The highest BCUT2D eigenvalue weighted by molar-refractivity contribution is 9.10. The van der Waals surface area contributed by atoms with E-state index in [0.717, 1.165) is 0 Å². The fraction of sp³-hybridized carbons (Fsp3) is 0.538. The first kappa shape index (κ1) is 11.2. The first-order valence-electron chi connectivity index (χ1n) is 5.74. The van der Waals surface area contributed by atoms with Gasteiger partial charge in [0.2, 0.25) is 0 Å². The monoisotopic (exact) mass is 267 g/mol. The molecular weight excluding hydrogens is 250 g/mol. The predicted octanol–water partition coefficient (Wildman–Crippen LogP) is 3.44. The Bertz CT molecular complexity index is 329. The average molecular weight is 268 g/mol. The summed E-state index contributed by atoms with van der Waals surface area (Å²) in [5.74, 6) is 0. The van der Waals surface area contributed by atoms with E-state index in [1.807, 2.05) is 0 Å². The molecule has 1 aliphatic heterocycles. The SMILES string of the molecule is Cc1ccc(CC2CCCCN2)cc1Br. The van der Waals surface area contributed by atoms with Gasteiger partial charge in [-0.1, -0.05) is 34.5 Å². The van der Waals surface area contributed by atoms with E-state index in [4.69, 9.17) is 0 Å². The molecule has 1 atom stereocenters. The van der Waals surface area contributed by atoms with E-state index in [-0.39, 0.29) is 0 Å². The van der Waals surface area contributed by atoms with Crippen molar-refractivity contribution in [3.8, 4) is 0 Å². The van der Waals surface area contributed by atoms with Crippen LogP contribution >= 0.6 is 15.9 Å². The van der Waals surface area contributed by atoms with Gasteiger partial charge in [0.1, 0.15) is 0 Å². The van der Waals surface area contributed by atoms with Crippen molar-refractivity contribution in [2.75, 3.05) is 6.54 Å². The van der Waals surface area contributed by atoms with Crippen molar-refractivity contribution < 1.29 is 0 Å². The molecule has 0 bridgehead atoms. The van der Waals surface area contributed by atoms with Crippen LogP contribution in [0.2, 0.25) is 0 Å². The first-order valence-corrected chi connectivity index (χ1v) is 6.53. The van der Waals surface area contributed by atoms with Crippen LogP contribution in [0, 0.1) is 6.92 Å². The highest BCUT2D eigenvalue weighted by Crippen LogP contribution is 2.20. The molecule has 1 heterocycles. The Hall–Kier alpha value is -0.340. The third kappa shape index (κ3) is 3.05. The number of nitrogens with one attached hydrogen (secondary N) is 1. The lowest BCUT2D eigenvalue weighted by Gasteiger charge is -2.23. The number of hydrogen-bond acceptors (Lipinski definition) is 1. The summed E-state index contributed by atoms with van der Waals surface area (Å²) in [7, 11) is 0. The summed E-state index contributed by atoms with van der Waals surface area (Å²) in [4.78, 5) is 0. The van der Waals surface area contributed by atoms with Gasteiger partial charge in [-0.25, -0.2) is 0 Å². The molecule has 1 aromatic carbocycles. The minimum absolute atomic E-state index is 0.688. The molecular formula is C13H18BrN. The van der Waals surface area contributed by atoms with E-state index in [1.54, 1.807) is 0 Å². The number of aryl methyl sites for hydroxylation is 1. The number of rotatable bonds is 2. The van der Waals surface area contributed by atoms with Crippen LogP contribution in [0.5, 0.6) is 0 Å². The Balaban J connectivity index is 2.00. The zero-order valence-corrected chi connectivity index (χ0v) is 10.8. The molecule has 1 unspecified atom stereocenters. The molecule has 1 N–H and O–H groups in total. The van der Waals surface area contributed by atoms with Crippen LogP contribution in [-0.4, -0.2) is 12.6 Å². The van der Waals surface area contributed by atoms with Crippen LogP contribution < -0.4 is 5.32 Å². The van der Waals surface area contributed by atoms with Crippen molar-refractivity contribution >= 4 is 15.9 Å². The Morgan fingerprint density at radius 1 is 1.40 bits per heavy atom. The lowest BCUT2D eigenvalue weighted by Crippen LogP contribution is -2.35. The highest BCUT2D eigenvalue weighted by Gasteiger charge is 2.12. The summed E-state index contributed by atoms with van der Waals surface area (Å²) in [6.07, 6.45) is 5.21. The summed E-state index contributed by atoms with van der Waals surface area (Å²) in [6.45, 7) is 3.32. The van der Waals surface area contributed by atoms with Crippen LogP contribution in [0.1, 0.15) is 30.4 Å².